The average Bonchev–Trinajstić information content (AvgIpc) is 2.77. The van der Waals surface area contributed by atoms with Crippen molar-refractivity contribution in [3.63, 3.8) is 0 Å². The number of thioether (sulfide) groups is 1. The van der Waals surface area contributed by atoms with Crippen molar-refractivity contribution < 1.29 is 22.7 Å². The lowest BCUT2D eigenvalue weighted by Crippen LogP contribution is -2.36. The molecule has 0 aliphatic heterocycles. The third-order valence-electron chi connectivity index (χ3n) is 4.35. The van der Waals surface area contributed by atoms with E-state index in [2.05, 4.69) is 6.58 Å². The summed E-state index contributed by atoms with van der Waals surface area (Å²) in [6, 6.07) is 11.7. The molecule has 0 saturated carbocycles. The molecule has 0 fully saturated rings. The molecule has 0 radical (unpaired) electrons. The van der Waals surface area contributed by atoms with E-state index in [1.807, 2.05) is 6.92 Å². The Kier molecular flexibility index (Phi) is 9.07. The summed E-state index contributed by atoms with van der Waals surface area (Å²) in [4.78, 5) is 14.1. The van der Waals surface area contributed by atoms with Crippen LogP contribution in [-0.4, -0.2) is 34.2 Å². The molecule has 170 valence electrons. The molecule has 9 heteroatoms. The number of alkyl halides is 3. The van der Waals surface area contributed by atoms with Crippen LogP contribution in [0.3, 0.4) is 0 Å². The van der Waals surface area contributed by atoms with E-state index in [-0.39, 0.29) is 34.7 Å². The molecule has 0 aliphatic rings. The van der Waals surface area contributed by atoms with Crippen molar-refractivity contribution in [2.45, 2.75) is 25.9 Å². The van der Waals surface area contributed by atoms with Gasteiger partial charge in [-0.15, -0.1) is 0 Å². The second-order valence-electron chi connectivity index (χ2n) is 6.72. The summed E-state index contributed by atoms with van der Waals surface area (Å²) in [6.07, 6.45) is -1.92. The third kappa shape index (κ3) is 6.71. The Hall–Kier alpha value is -3.07. The Bertz CT molecular complexity index is 978. The smallest absolute Gasteiger partial charge is 0.419 e. The zero-order valence-electron chi connectivity index (χ0n) is 17.5. The lowest BCUT2D eigenvalue weighted by Gasteiger charge is -2.23. The van der Waals surface area contributed by atoms with Gasteiger partial charge in [0.15, 0.2) is 5.17 Å². The molecule has 5 nitrogen and oxygen atoms in total. The number of unbranched alkanes of at least 4 members (excludes halogenated alkanes) is 1. The molecule has 1 amide bonds. The second kappa shape index (κ2) is 11.5. The van der Waals surface area contributed by atoms with Crippen LogP contribution in [0.25, 0.3) is 0 Å². The summed E-state index contributed by atoms with van der Waals surface area (Å²) in [6.45, 7) is 5.54. The molecule has 0 unspecified atom stereocenters. The third-order valence-corrected chi connectivity index (χ3v) is 5.20. The van der Waals surface area contributed by atoms with Gasteiger partial charge in [0.05, 0.1) is 5.56 Å². The normalized spacial score (nSPS) is 11.0. The molecule has 0 saturated heterocycles. The van der Waals surface area contributed by atoms with Gasteiger partial charge in [-0.1, -0.05) is 44.2 Å². The van der Waals surface area contributed by atoms with Gasteiger partial charge in [0, 0.05) is 17.7 Å². The number of rotatable bonds is 8. The summed E-state index contributed by atoms with van der Waals surface area (Å²) in [5, 5.41) is 16.1. The number of nitrogens with zero attached hydrogens (tertiary/aromatic N) is 1. The molecule has 2 aromatic rings. The van der Waals surface area contributed by atoms with Crippen LogP contribution >= 0.6 is 11.8 Å². The van der Waals surface area contributed by atoms with Crippen LogP contribution < -0.4 is 4.74 Å². The van der Waals surface area contributed by atoms with Crippen molar-refractivity contribution in [3.8, 4) is 5.75 Å². The summed E-state index contributed by atoms with van der Waals surface area (Å²) < 4.78 is 45.5. The molecular weight excluding hydrogens is 439 g/mol. The van der Waals surface area contributed by atoms with Crippen LogP contribution in [0.1, 0.15) is 41.3 Å². The first kappa shape index (κ1) is 25.2. The highest BCUT2D eigenvalue weighted by molar-refractivity contribution is 8.26. The zero-order chi connectivity index (χ0) is 23.7. The first-order valence-electron chi connectivity index (χ1n) is 9.86. The van der Waals surface area contributed by atoms with Gasteiger partial charge in [0.1, 0.15) is 17.4 Å². The highest BCUT2D eigenvalue weighted by Gasteiger charge is 2.35. The van der Waals surface area contributed by atoms with Crippen molar-refractivity contribution in [2.24, 2.45) is 0 Å². The molecule has 0 aliphatic carbocycles. The molecule has 0 heterocycles. The first-order valence-corrected chi connectivity index (χ1v) is 10.7. The predicted molar refractivity (Wildman–Crippen MR) is 122 cm³/mol. The van der Waals surface area contributed by atoms with Crippen molar-refractivity contribution in [1.82, 2.24) is 4.90 Å². The van der Waals surface area contributed by atoms with Crippen LogP contribution in [0.4, 0.5) is 13.2 Å². The van der Waals surface area contributed by atoms with E-state index in [4.69, 9.17) is 15.6 Å². The van der Waals surface area contributed by atoms with Crippen molar-refractivity contribution in [2.75, 3.05) is 13.2 Å². The number of benzene rings is 2. The molecule has 2 aromatic carbocycles. The SMILES string of the molecule is C=CCOc1ccc(C(=N)SC(=N)N(CCCC)C(=O)c2ccccc2)cc1C(F)(F)F. The fourth-order valence-electron chi connectivity index (χ4n) is 2.73. The number of halogens is 3. The number of carbonyl (C=O) groups is 1. The standard InChI is InChI=1S/C23H24F3N3O2S/c1-3-5-13-29(21(30)16-9-7-6-8-10-16)22(28)32-20(27)17-11-12-19(31-14-4-2)18(15-17)23(24,25)26/h4,6-12,15,27-28H,2-3,5,13-14H2,1H3. The lowest BCUT2D eigenvalue weighted by atomic mass is 10.1. The van der Waals surface area contributed by atoms with Crippen LogP contribution in [0.5, 0.6) is 5.75 Å². The van der Waals surface area contributed by atoms with Crippen LogP contribution in [0.2, 0.25) is 0 Å². The van der Waals surface area contributed by atoms with Gasteiger partial charge < -0.3 is 4.74 Å². The lowest BCUT2D eigenvalue weighted by molar-refractivity contribution is -0.138. The van der Waals surface area contributed by atoms with Gasteiger partial charge in [-0.25, -0.2) is 0 Å². The maximum atomic E-state index is 13.5. The molecule has 2 rings (SSSR count). The molecule has 32 heavy (non-hydrogen) atoms. The Morgan fingerprint density at radius 2 is 1.84 bits per heavy atom. The second-order valence-corrected chi connectivity index (χ2v) is 7.72. The van der Waals surface area contributed by atoms with Gasteiger partial charge in [-0.3, -0.25) is 20.5 Å². The van der Waals surface area contributed by atoms with E-state index in [9.17, 15) is 18.0 Å². The number of hydrogen-bond acceptors (Lipinski definition) is 5. The van der Waals surface area contributed by atoms with Gasteiger partial charge in [0.2, 0.25) is 0 Å². The van der Waals surface area contributed by atoms with Crippen LogP contribution in [0, 0.1) is 10.8 Å². The number of hydrogen-bond donors (Lipinski definition) is 2. The predicted octanol–water partition coefficient (Wildman–Crippen LogP) is 6.21. The van der Waals surface area contributed by atoms with E-state index in [1.54, 1.807) is 30.3 Å². The molecule has 0 spiro atoms. The van der Waals surface area contributed by atoms with Crippen molar-refractivity contribution in [3.05, 3.63) is 77.9 Å². The van der Waals surface area contributed by atoms with E-state index >= 15 is 0 Å². The average molecular weight is 464 g/mol. The number of amidine groups is 1. The number of nitrogens with one attached hydrogen (secondary N) is 2. The quantitative estimate of drug-likeness (QED) is 0.278. The number of amides is 1. The zero-order valence-corrected chi connectivity index (χ0v) is 18.4. The van der Waals surface area contributed by atoms with E-state index in [0.717, 1.165) is 18.6 Å². The Morgan fingerprint density at radius 1 is 1.16 bits per heavy atom. The maximum absolute atomic E-state index is 13.5. The van der Waals surface area contributed by atoms with E-state index in [0.29, 0.717) is 23.7 Å². The minimum Gasteiger partial charge on any atom is -0.489 e. The highest BCUT2D eigenvalue weighted by atomic mass is 32.2. The molecule has 0 atom stereocenters. The van der Waals surface area contributed by atoms with Crippen LogP contribution in [-0.2, 0) is 6.18 Å². The Balaban J connectivity index is 2.25. The van der Waals surface area contributed by atoms with Crippen molar-refractivity contribution in [1.29, 1.82) is 10.8 Å². The van der Waals surface area contributed by atoms with Gasteiger partial charge >= 0.3 is 6.18 Å². The van der Waals surface area contributed by atoms with E-state index in [1.165, 1.54) is 17.0 Å². The summed E-state index contributed by atoms with van der Waals surface area (Å²) in [5.41, 5.74) is -0.652. The molecule has 2 N–H and O–H groups in total. The largest absolute Gasteiger partial charge is 0.489 e. The fraction of sp³-hybridized carbons (Fsp3) is 0.261. The molecule has 0 aromatic heterocycles. The minimum absolute atomic E-state index is 0.0272. The number of carbonyl (C=O) groups excluding carboxylic acids is 1. The van der Waals surface area contributed by atoms with Crippen molar-refractivity contribution >= 4 is 27.9 Å². The first-order chi connectivity index (χ1) is 15.2. The number of ether oxygens (including phenoxy) is 1. The Labute approximate surface area is 189 Å². The summed E-state index contributed by atoms with van der Waals surface area (Å²) >= 11 is 0.625. The van der Waals surface area contributed by atoms with Gasteiger partial charge in [0.25, 0.3) is 5.91 Å². The topological polar surface area (TPSA) is 77.2 Å². The summed E-state index contributed by atoms with van der Waals surface area (Å²) in [7, 11) is 0. The van der Waals surface area contributed by atoms with E-state index < -0.39 is 17.6 Å². The highest BCUT2D eigenvalue weighted by Crippen LogP contribution is 2.37. The molecule has 0 bridgehead atoms. The van der Waals surface area contributed by atoms with Crippen LogP contribution in [0.15, 0.2) is 61.2 Å². The monoisotopic (exact) mass is 463 g/mol. The summed E-state index contributed by atoms with van der Waals surface area (Å²) in [5.74, 6) is -0.758. The maximum Gasteiger partial charge on any atom is 0.419 e. The molecular formula is C23H24F3N3O2S. The van der Waals surface area contributed by atoms with Gasteiger partial charge in [-0.05, 0) is 48.5 Å². The Morgan fingerprint density at radius 3 is 2.44 bits per heavy atom. The fourth-order valence-corrected chi connectivity index (χ4v) is 3.45. The minimum atomic E-state index is -4.68. The van der Waals surface area contributed by atoms with Gasteiger partial charge in [-0.2, -0.15) is 13.2 Å².